The molecule has 1 aromatic rings. The minimum absolute atomic E-state index is 0.0378. The van der Waals surface area contributed by atoms with Crippen molar-refractivity contribution in [2.75, 3.05) is 6.54 Å². The van der Waals surface area contributed by atoms with Crippen molar-refractivity contribution in [3.63, 3.8) is 0 Å². The monoisotopic (exact) mass is 276 g/mol. The van der Waals surface area contributed by atoms with Gasteiger partial charge >= 0.3 is 12.1 Å². The van der Waals surface area contributed by atoms with Crippen molar-refractivity contribution in [2.45, 2.75) is 19.1 Å². The van der Waals surface area contributed by atoms with Gasteiger partial charge in [0.15, 0.2) is 0 Å². The topological polar surface area (TPSA) is 102 Å². The molecule has 0 radical (unpaired) electrons. The predicted molar refractivity (Wildman–Crippen MR) is 72.6 cm³/mol. The number of hydrogen-bond donors (Lipinski definition) is 3. The van der Waals surface area contributed by atoms with Crippen LogP contribution in [0.3, 0.4) is 0 Å². The van der Waals surface area contributed by atoms with Crippen molar-refractivity contribution in [1.29, 1.82) is 0 Å². The summed E-state index contributed by atoms with van der Waals surface area (Å²) in [6, 6.07) is 8.27. The van der Waals surface area contributed by atoms with Crippen molar-refractivity contribution < 1.29 is 19.4 Å². The number of nitrogens with one attached hydrogen (secondary N) is 1. The lowest BCUT2D eigenvalue weighted by atomic mass is 10.2. The van der Waals surface area contributed by atoms with Gasteiger partial charge in [-0.3, -0.25) is 4.79 Å². The number of alkyl carbamates (subject to hydrolysis) is 1. The summed E-state index contributed by atoms with van der Waals surface area (Å²) >= 11 is 0. The summed E-state index contributed by atoms with van der Waals surface area (Å²) < 4.78 is 4.96. The molecule has 6 heteroatoms. The van der Waals surface area contributed by atoms with Gasteiger partial charge in [-0.1, -0.05) is 42.2 Å². The van der Waals surface area contributed by atoms with Gasteiger partial charge in [-0.05, 0) is 5.56 Å². The Morgan fingerprint density at radius 3 is 2.65 bits per heavy atom. The molecule has 1 amide bonds. The minimum Gasteiger partial charge on any atom is -0.480 e. The smallest absolute Gasteiger partial charge is 0.408 e. The molecule has 0 aliphatic rings. The van der Waals surface area contributed by atoms with E-state index < -0.39 is 18.1 Å². The average molecular weight is 276 g/mol. The van der Waals surface area contributed by atoms with Gasteiger partial charge in [0.25, 0.3) is 0 Å². The summed E-state index contributed by atoms with van der Waals surface area (Å²) in [5, 5.41) is 11.0. The van der Waals surface area contributed by atoms with E-state index in [0.29, 0.717) is 0 Å². The van der Waals surface area contributed by atoms with Gasteiger partial charge in [0.2, 0.25) is 0 Å². The molecule has 0 saturated carbocycles. The largest absolute Gasteiger partial charge is 0.480 e. The van der Waals surface area contributed by atoms with Crippen molar-refractivity contribution in [2.24, 2.45) is 5.73 Å². The summed E-state index contributed by atoms with van der Waals surface area (Å²) in [4.78, 5) is 21.7. The highest BCUT2D eigenvalue weighted by Crippen LogP contribution is 2.00. The van der Waals surface area contributed by atoms with E-state index in [1.54, 1.807) is 0 Å². The van der Waals surface area contributed by atoms with Crippen molar-refractivity contribution in [3.8, 4) is 11.8 Å². The number of aliphatic carboxylic acids is 1. The molecule has 0 saturated heterocycles. The number of carboxylic acids is 1. The zero-order chi connectivity index (χ0) is 14.8. The number of amides is 1. The molecule has 0 spiro atoms. The van der Waals surface area contributed by atoms with Crippen LogP contribution in [0, 0.1) is 11.8 Å². The molecule has 0 fully saturated rings. The van der Waals surface area contributed by atoms with Crippen molar-refractivity contribution in [3.05, 3.63) is 35.9 Å². The van der Waals surface area contributed by atoms with Crippen molar-refractivity contribution >= 4 is 12.1 Å². The number of ether oxygens (including phenoxy) is 1. The molecule has 0 aliphatic heterocycles. The lowest BCUT2D eigenvalue weighted by Crippen LogP contribution is -2.29. The molecule has 1 atom stereocenters. The van der Waals surface area contributed by atoms with Crippen LogP contribution < -0.4 is 11.1 Å². The van der Waals surface area contributed by atoms with Crippen LogP contribution in [0.15, 0.2) is 30.3 Å². The Hall–Kier alpha value is -2.52. The minimum atomic E-state index is -1.10. The Morgan fingerprint density at radius 2 is 2.00 bits per heavy atom. The van der Waals surface area contributed by atoms with Gasteiger partial charge < -0.3 is 20.9 Å². The second-order valence-corrected chi connectivity index (χ2v) is 3.92. The SMILES string of the molecule is N[C@@H](CC#CCNC(=O)OCc1ccccc1)C(=O)O. The number of nitrogens with two attached hydrogens (primary N) is 1. The molecule has 0 unspecified atom stereocenters. The first-order valence-electron chi connectivity index (χ1n) is 5.98. The fraction of sp³-hybridized carbons (Fsp3) is 0.286. The molecule has 20 heavy (non-hydrogen) atoms. The Kier molecular flexibility index (Phi) is 6.65. The first kappa shape index (κ1) is 15.5. The highest BCUT2D eigenvalue weighted by atomic mass is 16.5. The Morgan fingerprint density at radius 1 is 1.30 bits per heavy atom. The van der Waals surface area contributed by atoms with Gasteiger partial charge in [0, 0.05) is 6.42 Å². The van der Waals surface area contributed by atoms with Gasteiger partial charge in [0.05, 0.1) is 6.54 Å². The van der Waals surface area contributed by atoms with E-state index >= 15 is 0 Å². The molecular formula is C14H16N2O4. The third-order valence-electron chi connectivity index (χ3n) is 2.30. The van der Waals surface area contributed by atoms with Crippen LogP contribution in [0.5, 0.6) is 0 Å². The number of carbonyl (C=O) groups excluding carboxylic acids is 1. The Balaban J connectivity index is 2.18. The van der Waals surface area contributed by atoms with Crippen LogP contribution in [0.2, 0.25) is 0 Å². The summed E-state index contributed by atoms with van der Waals surface area (Å²) in [7, 11) is 0. The molecule has 0 aliphatic carbocycles. The normalized spacial score (nSPS) is 10.8. The lowest BCUT2D eigenvalue weighted by molar-refractivity contribution is -0.138. The van der Waals surface area contributed by atoms with Gasteiger partial charge in [-0.15, -0.1) is 0 Å². The fourth-order valence-electron chi connectivity index (χ4n) is 1.22. The summed E-state index contributed by atoms with van der Waals surface area (Å²) in [5.74, 6) is 4.06. The van der Waals surface area contributed by atoms with Gasteiger partial charge in [-0.25, -0.2) is 4.79 Å². The Bertz CT molecular complexity index is 505. The summed E-state index contributed by atoms with van der Waals surface area (Å²) in [5.41, 5.74) is 6.15. The highest BCUT2D eigenvalue weighted by molar-refractivity contribution is 5.73. The zero-order valence-corrected chi connectivity index (χ0v) is 10.8. The van der Waals surface area contributed by atoms with E-state index in [1.807, 2.05) is 30.3 Å². The first-order chi connectivity index (χ1) is 9.59. The third-order valence-corrected chi connectivity index (χ3v) is 2.30. The number of carboxylic acid groups (broad SMARTS) is 1. The molecular weight excluding hydrogens is 260 g/mol. The standard InChI is InChI=1S/C14H16N2O4/c15-12(13(17)18)8-4-5-9-16-14(19)20-10-11-6-2-1-3-7-11/h1-3,6-7,12H,8-10,15H2,(H,16,19)(H,17,18)/t12-/m0/s1. The Labute approximate surface area is 116 Å². The first-order valence-corrected chi connectivity index (χ1v) is 5.98. The molecule has 0 heterocycles. The number of hydrogen-bond acceptors (Lipinski definition) is 4. The quantitative estimate of drug-likeness (QED) is 0.688. The van der Waals surface area contributed by atoms with Crippen LogP contribution in [0.25, 0.3) is 0 Å². The molecule has 0 aromatic heterocycles. The summed E-state index contributed by atoms with van der Waals surface area (Å²) in [6.07, 6.45) is -0.540. The maximum absolute atomic E-state index is 11.3. The van der Waals surface area contributed by atoms with E-state index in [4.69, 9.17) is 15.6 Å². The van der Waals surface area contributed by atoms with E-state index in [-0.39, 0.29) is 19.6 Å². The van der Waals surface area contributed by atoms with Crippen molar-refractivity contribution in [1.82, 2.24) is 5.32 Å². The molecule has 1 aromatic carbocycles. The van der Waals surface area contributed by atoms with Gasteiger partial charge in [-0.2, -0.15) is 0 Å². The number of benzene rings is 1. The molecule has 0 bridgehead atoms. The molecule has 4 N–H and O–H groups in total. The average Bonchev–Trinajstić information content (AvgIpc) is 2.45. The van der Waals surface area contributed by atoms with E-state index in [9.17, 15) is 9.59 Å². The number of carbonyl (C=O) groups is 2. The molecule has 106 valence electrons. The lowest BCUT2D eigenvalue weighted by Gasteiger charge is -2.04. The zero-order valence-electron chi connectivity index (χ0n) is 10.8. The highest BCUT2D eigenvalue weighted by Gasteiger charge is 2.08. The molecule has 6 nitrogen and oxygen atoms in total. The summed E-state index contributed by atoms with van der Waals surface area (Å²) in [6.45, 7) is 0.268. The van der Waals surface area contributed by atoms with Gasteiger partial charge in [0.1, 0.15) is 12.6 Å². The van der Waals surface area contributed by atoms with E-state index in [1.165, 1.54) is 0 Å². The van der Waals surface area contributed by atoms with Crippen LogP contribution in [-0.2, 0) is 16.1 Å². The predicted octanol–water partition coefficient (Wildman–Crippen LogP) is 0.718. The maximum Gasteiger partial charge on any atom is 0.408 e. The van der Waals surface area contributed by atoms with Crippen LogP contribution in [-0.4, -0.2) is 29.8 Å². The third kappa shape index (κ3) is 6.42. The second kappa shape index (κ2) is 8.56. The second-order valence-electron chi connectivity index (χ2n) is 3.92. The number of rotatable bonds is 5. The van der Waals surface area contributed by atoms with E-state index in [0.717, 1.165) is 5.56 Å². The van der Waals surface area contributed by atoms with Crippen LogP contribution in [0.1, 0.15) is 12.0 Å². The molecule has 1 rings (SSSR count). The van der Waals surface area contributed by atoms with Crippen LogP contribution >= 0.6 is 0 Å². The van der Waals surface area contributed by atoms with Crippen LogP contribution in [0.4, 0.5) is 4.79 Å². The maximum atomic E-state index is 11.3. The van der Waals surface area contributed by atoms with E-state index in [2.05, 4.69) is 17.2 Å². The fourth-order valence-corrected chi connectivity index (χ4v) is 1.22.